The summed E-state index contributed by atoms with van der Waals surface area (Å²) in [7, 11) is 2.01. The van der Waals surface area contributed by atoms with Crippen LogP contribution in [-0.2, 0) is 6.54 Å². The average molecular weight is 276 g/mol. The standard InChI is InChI=1S/C15H18ClN3/c1-11(2)15-17-13(16)9-14(18-15)19(3)10-12-7-5-4-6-8-12/h4-9,11H,10H2,1-3H3. The van der Waals surface area contributed by atoms with E-state index in [0.29, 0.717) is 5.15 Å². The lowest BCUT2D eigenvalue weighted by Gasteiger charge is -2.19. The summed E-state index contributed by atoms with van der Waals surface area (Å²) in [6, 6.07) is 12.1. The third kappa shape index (κ3) is 3.67. The van der Waals surface area contributed by atoms with Gasteiger partial charge in [0.25, 0.3) is 0 Å². The van der Waals surface area contributed by atoms with Crippen molar-refractivity contribution in [2.24, 2.45) is 0 Å². The normalized spacial score (nSPS) is 10.8. The SMILES string of the molecule is CC(C)c1nc(Cl)cc(N(C)Cc2ccccc2)n1. The highest BCUT2D eigenvalue weighted by Crippen LogP contribution is 2.20. The first-order valence-electron chi connectivity index (χ1n) is 6.36. The van der Waals surface area contributed by atoms with Crippen LogP contribution in [0.1, 0.15) is 31.2 Å². The summed E-state index contributed by atoms with van der Waals surface area (Å²) >= 11 is 6.06. The van der Waals surface area contributed by atoms with Gasteiger partial charge in [-0.2, -0.15) is 0 Å². The molecule has 100 valence electrons. The molecule has 1 aromatic heterocycles. The first kappa shape index (κ1) is 13.8. The second-order valence-corrected chi connectivity index (χ2v) is 5.29. The number of anilines is 1. The Bertz CT molecular complexity index is 540. The number of hydrogen-bond donors (Lipinski definition) is 0. The van der Waals surface area contributed by atoms with E-state index in [0.717, 1.165) is 18.2 Å². The van der Waals surface area contributed by atoms with Gasteiger partial charge in [0.1, 0.15) is 16.8 Å². The largest absolute Gasteiger partial charge is 0.355 e. The Morgan fingerprint density at radius 3 is 2.47 bits per heavy atom. The Balaban J connectivity index is 2.21. The molecule has 0 N–H and O–H groups in total. The highest BCUT2D eigenvalue weighted by molar-refractivity contribution is 6.29. The highest BCUT2D eigenvalue weighted by Gasteiger charge is 2.10. The molecule has 0 fully saturated rings. The molecular formula is C15H18ClN3. The summed E-state index contributed by atoms with van der Waals surface area (Å²) in [4.78, 5) is 10.9. The van der Waals surface area contributed by atoms with Crippen molar-refractivity contribution in [1.82, 2.24) is 9.97 Å². The molecule has 0 spiro atoms. The molecule has 4 heteroatoms. The maximum atomic E-state index is 6.06. The number of benzene rings is 1. The summed E-state index contributed by atoms with van der Waals surface area (Å²) in [6.07, 6.45) is 0. The van der Waals surface area contributed by atoms with Gasteiger partial charge in [-0.1, -0.05) is 55.8 Å². The van der Waals surface area contributed by atoms with Crippen molar-refractivity contribution in [3.8, 4) is 0 Å². The van der Waals surface area contributed by atoms with Crippen molar-refractivity contribution in [1.29, 1.82) is 0 Å². The van der Waals surface area contributed by atoms with Crippen molar-refractivity contribution in [3.05, 3.63) is 52.9 Å². The van der Waals surface area contributed by atoms with Gasteiger partial charge in [-0.05, 0) is 5.56 Å². The van der Waals surface area contributed by atoms with E-state index < -0.39 is 0 Å². The van der Waals surface area contributed by atoms with E-state index >= 15 is 0 Å². The molecule has 2 aromatic rings. The Kier molecular flexibility index (Phi) is 4.38. The number of rotatable bonds is 4. The van der Waals surface area contributed by atoms with Gasteiger partial charge in [-0.15, -0.1) is 0 Å². The van der Waals surface area contributed by atoms with Crippen LogP contribution in [0.25, 0.3) is 0 Å². The molecule has 0 saturated heterocycles. The molecule has 3 nitrogen and oxygen atoms in total. The minimum atomic E-state index is 0.266. The first-order chi connectivity index (χ1) is 9.06. The van der Waals surface area contributed by atoms with E-state index in [2.05, 4.69) is 40.8 Å². The maximum absolute atomic E-state index is 6.06. The molecule has 0 saturated carbocycles. The van der Waals surface area contributed by atoms with Gasteiger partial charge >= 0.3 is 0 Å². The maximum Gasteiger partial charge on any atom is 0.135 e. The second-order valence-electron chi connectivity index (χ2n) is 4.90. The number of hydrogen-bond acceptors (Lipinski definition) is 3. The van der Waals surface area contributed by atoms with Gasteiger partial charge in [0.15, 0.2) is 0 Å². The van der Waals surface area contributed by atoms with Gasteiger partial charge in [0.2, 0.25) is 0 Å². The summed E-state index contributed by atoms with van der Waals surface area (Å²) < 4.78 is 0. The fourth-order valence-electron chi connectivity index (χ4n) is 1.81. The number of nitrogens with zero attached hydrogens (tertiary/aromatic N) is 3. The number of halogens is 1. The van der Waals surface area contributed by atoms with Crippen molar-refractivity contribution >= 4 is 17.4 Å². The molecule has 0 aliphatic rings. The van der Waals surface area contributed by atoms with E-state index in [9.17, 15) is 0 Å². The van der Waals surface area contributed by atoms with Gasteiger partial charge in [0.05, 0.1) is 0 Å². The lowest BCUT2D eigenvalue weighted by Crippen LogP contribution is -2.18. The molecule has 0 bridgehead atoms. The summed E-state index contributed by atoms with van der Waals surface area (Å²) in [5.41, 5.74) is 1.24. The highest BCUT2D eigenvalue weighted by atomic mass is 35.5. The molecule has 0 aliphatic heterocycles. The van der Waals surface area contributed by atoms with Crippen molar-refractivity contribution in [2.75, 3.05) is 11.9 Å². The quantitative estimate of drug-likeness (QED) is 0.793. The molecule has 0 unspecified atom stereocenters. The van der Waals surface area contributed by atoms with Gasteiger partial charge in [-0.3, -0.25) is 0 Å². The topological polar surface area (TPSA) is 29.0 Å². The third-order valence-corrected chi connectivity index (χ3v) is 3.06. The minimum absolute atomic E-state index is 0.266. The van der Waals surface area contributed by atoms with Gasteiger partial charge in [-0.25, -0.2) is 9.97 Å². The van der Waals surface area contributed by atoms with E-state index in [1.54, 1.807) is 6.07 Å². The lowest BCUT2D eigenvalue weighted by atomic mass is 10.2. The Labute approximate surface area is 119 Å². The monoisotopic (exact) mass is 275 g/mol. The summed E-state index contributed by atoms with van der Waals surface area (Å²) in [5.74, 6) is 1.90. The van der Waals surface area contributed by atoms with Crippen molar-refractivity contribution in [2.45, 2.75) is 26.3 Å². The molecule has 0 radical (unpaired) electrons. The molecule has 1 aromatic carbocycles. The third-order valence-electron chi connectivity index (χ3n) is 2.87. The van der Waals surface area contributed by atoms with E-state index in [1.807, 2.05) is 25.2 Å². The van der Waals surface area contributed by atoms with Crippen LogP contribution in [0, 0.1) is 0 Å². The second kappa shape index (κ2) is 6.02. The van der Waals surface area contributed by atoms with Crippen molar-refractivity contribution < 1.29 is 0 Å². The first-order valence-corrected chi connectivity index (χ1v) is 6.73. The smallest absolute Gasteiger partial charge is 0.135 e. The van der Waals surface area contributed by atoms with Crippen molar-refractivity contribution in [3.63, 3.8) is 0 Å². The predicted molar refractivity (Wildman–Crippen MR) is 79.7 cm³/mol. The zero-order chi connectivity index (χ0) is 13.8. The molecule has 0 aliphatic carbocycles. The van der Waals surface area contributed by atoms with Crippen LogP contribution in [0.15, 0.2) is 36.4 Å². The summed E-state index contributed by atoms with van der Waals surface area (Å²) in [6.45, 7) is 4.92. The van der Waals surface area contributed by atoms with Crippen LogP contribution >= 0.6 is 11.6 Å². The Morgan fingerprint density at radius 2 is 1.84 bits per heavy atom. The van der Waals surface area contributed by atoms with Crippen LogP contribution in [-0.4, -0.2) is 17.0 Å². The Morgan fingerprint density at radius 1 is 1.16 bits per heavy atom. The number of aromatic nitrogens is 2. The predicted octanol–water partition coefficient (Wildman–Crippen LogP) is 3.89. The molecule has 1 heterocycles. The van der Waals surface area contributed by atoms with Gasteiger partial charge in [0, 0.05) is 25.6 Å². The fraction of sp³-hybridized carbons (Fsp3) is 0.333. The minimum Gasteiger partial charge on any atom is -0.355 e. The zero-order valence-electron chi connectivity index (χ0n) is 11.5. The summed E-state index contributed by atoms with van der Waals surface area (Å²) in [5, 5.41) is 0.494. The molecule has 2 rings (SSSR count). The molecule has 19 heavy (non-hydrogen) atoms. The Hall–Kier alpha value is -1.61. The fourth-order valence-corrected chi connectivity index (χ4v) is 2.00. The average Bonchev–Trinajstić information content (AvgIpc) is 2.39. The van der Waals surface area contributed by atoms with Gasteiger partial charge < -0.3 is 4.90 Å². The van der Waals surface area contributed by atoms with E-state index in [1.165, 1.54) is 5.56 Å². The van der Waals surface area contributed by atoms with Crippen LogP contribution in [0.3, 0.4) is 0 Å². The van der Waals surface area contributed by atoms with Crippen LogP contribution in [0.5, 0.6) is 0 Å². The van der Waals surface area contributed by atoms with Crippen LogP contribution in [0.4, 0.5) is 5.82 Å². The van der Waals surface area contributed by atoms with Crippen LogP contribution < -0.4 is 4.90 Å². The van der Waals surface area contributed by atoms with Crippen LogP contribution in [0.2, 0.25) is 5.15 Å². The molecule has 0 atom stereocenters. The lowest BCUT2D eigenvalue weighted by molar-refractivity contribution is 0.762. The molecule has 0 amide bonds. The zero-order valence-corrected chi connectivity index (χ0v) is 12.2. The van der Waals surface area contributed by atoms with E-state index in [-0.39, 0.29) is 5.92 Å². The molecular weight excluding hydrogens is 258 g/mol. The van der Waals surface area contributed by atoms with E-state index in [4.69, 9.17) is 11.6 Å².